The Bertz CT molecular complexity index is 923. The largest absolute Gasteiger partial charge is 0.341 e. The van der Waals surface area contributed by atoms with Crippen molar-refractivity contribution >= 4 is 11.8 Å². The maximum Gasteiger partial charge on any atom is 0.245 e. The van der Waals surface area contributed by atoms with Gasteiger partial charge in [0, 0.05) is 32.7 Å². The second-order valence-corrected chi connectivity index (χ2v) is 13.0. The van der Waals surface area contributed by atoms with Gasteiger partial charge in [-0.3, -0.25) is 14.5 Å². The molecular weight excluding hydrogens is 491 g/mol. The Balaban J connectivity index is 1.40. The highest BCUT2D eigenvalue weighted by Crippen LogP contribution is 2.28. The maximum atomic E-state index is 14.0. The molecule has 1 aromatic carbocycles. The number of benzene rings is 1. The van der Waals surface area contributed by atoms with Crippen LogP contribution in [0.25, 0.3) is 0 Å². The molecule has 3 aliphatic rings. The average Bonchev–Trinajstić information content (AvgIpc) is 3.43. The standard InChI is InChI=1S/C32H51FN4O2/c1-24(2)21-29-32(39)37(20-19-36(29)23-27-7-9-28(33)10-8-27)30(22-25(3)4)31(38)35-17-12-26(13-18-35)11-16-34-14-5-6-15-34/h7-10,24-26,29-30H,5-6,11-23H2,1-4H3/t29-,30-/m0/s1. The third kappa shape index (κ3) is 8.26. The van der Waals surface area contributed by atoms with E-state index in [9.17, 15) is 14.0 Å². The van der Waals surface area contributed by atoms with Crippen LogP contribution in [0.15, 0.2) is 24.3 Å². The monoisotopic (exact) mass is 542 g/mol. The van der Waals surface area contributed by atoms with Crippen molar-refractivity contribution in [2.24, 2.45) is 17.8 Å². The summed E-state index contributed by atoms with van der Waals surface area (Å²) in [6, 6.07) is 5.93. The Labute approximate surface area is 235 Å². The van der Waals surface area contributed by atoms with Crippen LogP contribution in [0, 0.1) is 23.6 Å². The van der Waals surface area contributed by atoms with E-state index >= 15 is 0 Å². The minimum absolute atomic E-state index is 0.0801. The van der Waals surface area contributed by atoms with Gasteiger partial charge in [0.05, 0.1) is 6.04 Å². The fourth-order valence-corrected chi connectivity index (χ4v) is 6.70. The van der Waals surface area contributed by atoms with Crippen molar-refractivity contribution in [3.8, 4) is 0 Å². The number of piperazine rings is 1. The summed E-state index contributed by atoms with van der Waals surface area (Å²) in [5.41, 5.74) is 1.01. The van der Waals surface area contributed by atoms with Gasteiger partial charge in [-0.05, 0) is 100 Å². The van der Waals surface area contributed by atoms with E-state index in [1.54, 1.807) is 12.1 Å². The van der Waals surface area contributed by atoms with Gasteiger partial charge < -0.3 is 14.7 Å². The first kappa shape index (κ1) is 30.0. The van der Waals surface area contributed by atoms with Crippen LogP contribution in [0.2, 0.25) is 0 Å². The summed E-state index contributed by atoms with van der Waals surface area (Å²) < 4.78 is 13.5. The van der Waals surface area contributed by atoms with E-state index < -0.39 is 0 Å². The molecule has 0 saturated carbocycles. The molecule has 3 aliphatic heterocycles. The first-order valence-corrected chi connectivity index (χ1v) is 15.5. The van der Waals surface area contributed by atoms with E-state index in [1.165, 1.54) is 51.0 Å². The molecule has 0 aliphatic carbocycles. The van der Waals surface area contributed by atoms with Gasteiger partial charge in [0.2, 0.25) is 11.8 Å². The zero-order valence-electron chi connectivity index (χ0n) is 24.8. The van der Waals surface area contributed by atoms with Crippen LogP contribution >= 0.6 is 0 Å². The number of hydrogen-bond donors (Lipinski definition) is 0. The van der Waals surface area contributed by atoms with Crippen molar-refractivity contribution in [2.45, 2.75) is 91.3 Å². The fourth-order valence-electron chi connectivity index (χ4n) is 6.70. The van der Waals surface area contributed by atoms with Gasteiger partial charge in [0.1, 0.15) is 11.9 Å². The number of halogens is 1. The number of carbonyl (C=O) groups excluding carboxylic acids is 2. The Hall–Kier alpha value is -1.99. The van der Waals surface area contributed by atoms with Crippen LogP contribution < -0.4 is 0 Å². The summed E-state index contributed by atoms with van der Waals surface area (Å²) in [4.78, 5) is 36.8. The molecule has 6 nitrogen and oxygen atoms in total. The average molecular weight is 543 g/mol. The molecule has 2 atom stereocenters. The molecule has 0 N–H and O–H groups in total. The molecule has 2 amide bonds. The Kier molecular flexibility index (Phi) is 10.8. The molecule has 0 bridgehead atoms. The molecule has 3 fully saturated rings. The molecule has 3 saturated heterocycles. The third-order valence-corrected chi connectivity index (χ3v) is 8.97. The molecule has 0 radical (unpaired) electrons. The minimum atomic E-state index is -0.388. The molecule has 7 heteroatoms. The molecule has 3 heterocycles. The number of amides is 2. The highest BCUT2D eigenvalue weighted by Gasteiger charge is 2.42. The van der Waals surface area contributed by atoms with Crippen LogP contribution in [0.4, 0.5) is 4.39 Å². The number of rotatable bonds is 11. The van der Waals surface area contributed by atoms with Crippen molar-refractivity contribution in [3.05, 3.63) is 35.6 Å². The normalized spacial score (nSPS) is 22.8. The molecule has 39 heavy (non-hydrogen) atoms. The van der Waals surface area contributed by atoms with Crippen molar-refractivity contribution in [1.82, 2.24) is 19.6 Å². The van der Waals surface area contributed by atoms with Gasteiger partial charge in [-0.25, -0.2) is 4.39 Å². The van der Waals surface area contributed by atoms with E-state index in [2.05, 4.69) is 42.4 Å². The van der Waals surface area contributed by atoms with Crippen LogP contribution in [0.5, 0.6) is 0 Å². The maximum absolute atomic E-state index is 14.0. The lowest BCUT2D eigenvalue weighted by Gasteiger charge is -2.45. The molecule has 4 rings (SSSR count). The number of likely N-dealkylation sites (tertiary alicyclic amines) is 2. The third-order valence-electron chi connectivity index (χ3n) is 8.97. The SMILES string of the molecule is CC(C)C[C@H]1C(=O)N([C@@H](CC(C)C)C(=O)N2CCC(CCN3CCCC3)CC2)CCN1Cc1ccc(F)cc1. The van der Waals surface area contributed by atoms with Gasteiger partial charge in [-0.15, -0.1) is 0 Å². The fraction of sp³-hybridized carbons (Fsp3) is 0.750. The quantitative estimate of drug-likeness (QED) is 0.394. The minimum Gasteiger partial charge on any atom is -0.341 e. The van der Waals surface area contributed by atoms with Gasteiger partial charge in [0.25, 0.3) is 0 Å². The first-order chi connectivity index (χ1) is 18.7. The number of nitrogens with zero attached hydrogens (tertiary/aromatic N) is 4. The van der Waals surface area contributed by atoms with Crippen molar-refractivity contribution in [1.29, 1.82) is 0 Å². The predicted molar refractivity (Wildman–Crippen MR) is 155 cm³/mol. The summed E-state index contributed by atoms with van der Waals surface area (Å²) in [6.07, 6.45) is 7.51. The van der Waals surface area contributed by atoms with Gasteiger partial charge in [0.15, 0.2) is 0 Å². The molecule has 218 valence electrons. The smallest absolute Gasteiger partial charge is 0.245 e. The van der Waals surface area contributed by atoms with Crippen molar-refractivity contribution in [2.75, 3.05) is 45.8 Å². The second-order valence-electron chi connectivity index (χ2n) is 13.0. The van der Waals surface area contributed by atoms with Gasteiger partial charge in [-0.1, -0.05) is 39.8 Å². The summed E-state index contributed by atoms with van der Waals surface area (Å²) >= 11 is 0. The lowest BCUT2D eigenvalue weighted by Crippen LogP contribution is -2.63. The Morgan fingerprint density at radius 2 is 1.59 bits per heavy atom. The van der Waals surface area contributed by atoms with Crippen LogP contribution in [-0.4, -0.2) is 89.3 Å². The molecule has 0 aromatic heterocycles. The first-order valence-electron chi connectivity index (χ1n) is 15.5. The van der Waals surface area contributed by atoms with Crippen LogP contribution in [0.1, 0.15) is 78.2 Å². The highest BCUT2D eigenvalue weighted by molar-refractivity contribution is 5.90. The van der Waals surface area contributed by atoms with E-state index in [4.69, 9.17) is 0 Å². The summed E-state index contributed by atoms with van der Waals surface area (Å²) in [7, 11) is 0. The van der Waals surface area contributed by atoms with E-state index in [0.29, 0.717) is 37.3 Å². The second kappa shape index (κ2) is 14.1. The lowest BCUT2D eigenvalue weighted by atomic mass is 9.91. The summed E-state index contributed by atoms with van der Waals surface area (Å²) in [6.45, 7) is 15.8. The van der Waals surface area contributed by atoms with Crippen molar-refractivity contribution < 1.29 is 14.0 Å². The number of hydrogen-bond acceptors (Lipinski definition) is 4. The zero-order chi connectivity index (χ0) is 27.9. The Morgan fingerprint density at radius 1 is 0.923 bits per heavy atom. The van der Waals surface area contributed by atoms with Gasteiger partial charge >= 0.3 is 0 Å². The van der Waals surface area contributed by atoms with E-state index in [1.807, 2.05) is 4.90 Å². The number of carbonyl (C=O) groups is 2. The van der Waals surface area contributed by atoms with Crippen LogP contribution in [0.3, 0.4) is 0 Å². The van der Waals surface area contributed by atoms with Crippen LogP contribution in [-0.2, 0) is 16.1 Å². The van der Waals surface area contributed by atoms with Gasteiger partial charge in [-0.2, -0.15) is 0 Å². The summed E-state index contributed by atoms with van der Waals surface area (Å²) in [5.74, 6) is 1.36. The Morgan fingerprint density at radius 3 is 2.21 bits per heavy atom. The molecular formula is C32H51FN4O2. The summed E-state index contributed by atoms with van der Waals surface area (Å²) in [5, 5.41) is 0. The van der Waals surface area contributed by atoms with E-state index in [-0.39, 0.29) is 29.7 Å². The molecule has 0 unspecified atom stereocenters. The molecule has 0 spiro atoms. The topological polar surface area (TPSA) is 47.1 Å². The number of piperidine rings is 1. The molecule has 1 aromatic rings. The van der Waals surface area contributed by atoms with E-state index in [0.717, 1.165) is 44.5 Å². The predicted octanol–water partition coefficient (Wildman–Crippen LogP) is 5.02. The lowest BCUT2D eigenvalue weighted by molar-refractivity contribution is -0.155. The van der Waals surface area contributed by atoms with Crippen molar-refractivity contribution in [3.63, 3.8) is 0 Å². The highest BCUT2D eigenvalue weighted by atomic mass is 19.1. The zero-order valence-corrected chi connectivity index (χ0v) is 24.8.